The van der Waals surface area contributed by atoms with Crippen LogP contribution in [0.1, 0.15) is 24.3 Å². The molecule has 1 heterocycles. The smallest absolute Gasteiger partial charge is 0.354 e. The van der Waals surface area contributed by atoms with Gasteiger partial charge in [0, 0.05) is 18.4 Å². The van der Waals surface area contributed by atoms with Crippen LogP contribution in [0.2, 0.25) is 0 Å². The first-order valence-electron chi connectivity index (χ1n) is 4.54. The molecular weight excluding hydrogens is 196 g/mol. The maximum atomic E-state index is 10.6. The summed E-state index contributed by atoms with van der Waals surface area (Å²) < 4.78 is 0. The SMILES string of the molecule is CC(C)(O)CNc1ccnc(C(=O)O)c1. The van der Waals surface area contributed by atoms with E-state index in [1.54, 1.807) is 19.9 Å². The van der Waals surface area contributed by atoms with Crippen LogP contribution in [0.5, 0.6) is 0 Å². The molecular formula is C10H14N2O3. The Balaban J connectivity index is 2.70. The van der Waals surface area contributed by atoms with Gasteiger partial charge in [0.25, 0.3) is 0 Å². The Bertz CT molecular complexity index is 358. The van der Waals surface area contributed by atoms with Gasteiger partial charge in [-0.15, -0.1) is 0 Å². The van der Waals surface area contributed by atoms with Crippen LogP contribution < -0.4 is 5.32 Å². The van der Waals surface area contributed by atoms with Crippen molar-refractivity contribution in [3.8, 4) is 0 Å². The Kier molecular flexibility index (Phi) is 3.26. The lowest BCUT2D eigenvalue weighted by Gasteiger charge is -2.18. The normalized spacial score (nSPS) is 11.1. The van der Waals surface area contributed by atoms with Gasteiger partial charge >= 0.3 is 5.97 Å². The number of carboxylic acids is 1. The lowest BCUT2D eigenvalue weighted by atomic mass is 10.1. The minimum atomic E-state index is -1.07. The number of pyridine rings is 1. The summed E-state index contributed by atoms with van der Waals surface area (Å²) in [6, 6.07) is 3.08. The zero-order valence-electron chi connectivity index (χ0n) is 8.69. The molecule has 0 fully saturated rings. The topological polar surface area (TPSA) is 82.5 Å². The van der Waals surface area contributed by atoms with E-state index in [1.807, 2.05) is 0 Å². The van der Waals surface area contributed by atoms with Gasteiger partial charge in [0.2, 0.25) is 0 Å². The highest BCUT2D eigenvalue weighted by molar-refractivity contribution is 5.86. The molecule has 0 amide bonds. The van der Waals surface area contributed by atoms with Crippen LogP contribution in [0.15, 0.2) is 18.3 Å². The number of carboxylic acid groups (broad SMARTS) is 1. The molecule has 0 aliphatic carbocycles. The van der Waals surface area contributed by atoms with E-state index in [9.17, 15) is 9.90 Å². The quantitative estimate of drug-likeness (QED) is 0.689. The molecule has 0 aliphatic heterocycles. The molecule has 82 valence electrons. The molecule has 0 bridgehead atoms. The first-order valence-corrected chi connectivity index (χ1v) is 4.54. The van der Waals surface area contributed by atoms with Gasteiger partial charge in [-0.1, -0.05) is 0 Å². The molecule has 0 aromatic carbocycles. The third kappa shape index (κ3) is 3.95. The number of hydrogen-bond acceptors (Lipinski definition) is 4. The molecule has 0 aliphatic rings. The number of rotatable bonds is 4. The van der Waals surface area contributed by atoms with Crippen LogP contribution in [-0.4, -0.2) is 33.3 Å². The van der Waals surface area contributed by atoms with E-state index in [4.69, 9.17) is 5.11 Å². The highest BCUT2D eigenvalue weighted by Gasteiger charge is 2.12. The molecule has 1 aromatic rings. The second-order valence-electron chi connectivity index (χ2n) is 3.90. The molecule has 3 N–H and O–H groups in total. The van der Waals surface area contributed by atoms with Crippen LogP contribution in [0.3, 0.4) is 0 Å². The summed E-state index contributed by atoms with van der Waals surface area (Å²) in [7, 11) is 0. The third-order valence-corrected chi connectivity index (χ3v) is 1.70. The lowest BCUT2D eigenvalue weighted by molar-refractivity contribution is 0.0690. The van der Waals surface area contributed by atoms with Crippen LogP contribution in [-0.2, 0) is 0 Å². The van der Waals surface area contributed by atoms with Crippen molar-refractivity contribution in [3.63, 3.8) is 0 Å². The number of aliphatic hydroxyl groups is 1. The molecule has 0 atom stereocenters. The van der Waals surface area contributed by atoms with Crippen LogP contribution in [0, 0.1) is 0 Å². The summed E-state index contributed by atoms with van der Waals surface area (Å²) in [5.74, 6) is -1.07. The summed E-state index contributed by atoms with van der Waals surface area (Å²) in [5.41, 5.74) is -0.229. The highest BCUT2D eigenvalue weighted by atomic mass is 16.4. The lowest BCUT2D eigenvalue weighted by Crippen LogP contribution is -2.29. The predicted molar refractivity (Wildman–Crippen MR) is 56.0 cm³/mol. The molecule has 15 heavy (non-hydrogen) atoms. The van der Waals surface area contributed by atoms with Gasteiger partial charge < -0.3 is 15.5 Å². The average Bonchev–Trinajstić information content (AvgIpc) is 2.14. The fraction of sp³-hybridized carbons (Fsp3) is 0.400. The maximum absolute atomic E-state index is 10.6. The molecule has 1 aromatic heterocycles. The van der Waals surface area contributed by atoms with Crippen molar-refractivity contribution >= 4 is 11.7 Å². The van der Waals surface area contributed by atoms with E-state index in [1.165, 1.54) is 12.3 Å². The summed E-state index contributed by atoms with van der Waals surface area (Å²) in [5, 5.41) is 21.1. The Morgan fingerprint density at radius 2 is 2.27 bits per heavy atom. The number of aromatic carboxylic acids is 1. The van der Waals surface area contributed by atoms with Gasteiger partial charge in [-0.2, -0.15) is 0 Å². The third-order valence-electron chi connectivity index (χ3n) is 1.70. The first kappa shape index (κ1) is 11.5. The van der Waals surface area contributed by atoms with Gasteiger partial charge in [-0.3, -0.25) is 0 Å². The standard InChI is InChI=1S/C10H14N2O3/c1-10(2,15)6-12-7-3-4-11-8(5-7)9(13)14/h3-5,15H,6H2,1-2H3,(H,11,12)(H,13,14). The zero-order chi connectivity index (χ0) is 11.5. The number of nitrogens with one attached hydrogen (secondary N) is 1. The second kappa shape index (κ2) is 4.27. The van der Waals surface area contributed by atoms with Crippen molar-refractivity contribution in [1.82, 2.24) is 4.98 Å². The van der Waals surface area contributed by atoms with Gasteiger partial charge in [0.05, 0.1) is 5.60 Å². The average molecular weight is 210 g/mol. The van der Waals surface area contributed by atoms with Crippen LogP contribution >= 0.6 is 0 Å². The highest BCUT2D eigenvalue weighted by Crippen LogP contribution is 2.10. The van der Waals surface area contributed by atoms with Crippen molar-refractivity contribution in [1.29, 1.82) is 0 Å². The molecule has 5 nitrogen and oxygen atoms in total. The van der Waals surface area contributed by atoms with E-state index in [0.29, 0.717) is 12.2 Å². The fourth-order valence-electron chi connectivity index (χ4n) is 0.976. The second-order valence-corrected chi connectivity index (χ2v) is 3.90. The number of hydrogen-bond donors (Lipinski definition) is 3. The largest absolute Gasteiger partial charge is 0.477 e. The Morgan fingerprint density at radius 1 is 1.60 bits per heavy atom. The monoisotopic (exact) mass is 210 g/mol. The molecule has 0 spiro atoms. The molecule has 0 unspecified atom stereocenters. The maximum Gasteiger partial charge on any atom is 0.354 e. The molecule has 0 radical (unpaired) electrons. The van der Waals surface area contributed by atoms with Crippen molar-refractivity contribution in [2.45, 2.75) is 19.4 Å². The minimum absolute atomic E-state index is 0.0178. The number of aromatic nitrogens is 1. The van der Waals surface area contributed by atoms with Gasteiger partial charge in [0.15, 0.2) is 0 Å². The van der Waals surface area contributed by atoms with Gasteiger partial charge in [0.1, 0.15) is 5.69 Å². The molecule has 0 saturated carbocycles. The fourth-order valence-corrected chi connectivity index (χ4v) is 0.976. The molecule has 1 rings (SSSR count). The summed E-state index contributed by atoms with van der Waals surface area (Å²) >= 11 is 0. The van der Waals surface area contributed by atoms with Crippen molar-refractivity contribution in [3.05, 3.63) is 24.0 Å². The number of anilines is 1. The zero-order valence-corrected chi connectivity index (χ0v) is 8.69. The van der Waals surface area contributed by atoms with Crippen LogP contribution in [0.4, 0.5) is 5.69 Å². The Morgan fingerprint density at radius 3 is 2.80 bits per heavy atom. The van der Waals surface area contributed by atoms with E-state index in [2.05, 4.69) is 10.3 Å². The van der Waals surface area contributed by atoms with Gasteiger partial charge in [-0.05, 0) is 26.0 Å². The summed E-state index contributed by atoms with van der Waals surface area (Å²) in [6.07, 6.45) is 1.41. The Labute approximate surface area is 87.8 Å². The van der Waals surface area contributed by atoms with Crippen LogP contribution in [0.25, 0.3) is 0 Å². The van der Waals surface area contributed by atoms with Crippen molar-refractivity contribution in [2.24, 2.45) is 0 Å². The predicted octanol–water partition coefficient (Wildman–Crippen LogP) is 0.963. The van der Waals surface area contributed by atoms with E-state index >= 15 is 0 Å². The Hall–Kier alpha value is -1.62. The van der Waals surface area contributed by atoms with E-state index in [0.717, 1.165) is 0 Å². The van der Waals surface area contributed by atoms with Crippen molar-refractivity contribution < 1.29 is 15.0 Å². The molecule has 0 saturated heterocycles. The van der Waals surface area contributed by atoms with E-state index < -0.39 is 11.6 Å². The summed E-state index contributed by atoms with van der Waals surface area (Å²) in [6.45, 7) is 3.68. The number of nitrogens with zero attached hydrogens (tertiary/aromatic N) is 1. The van der Waals surface area contributed by atoms with Crippen molar-refractivity contribution in [2.75, 3.05) is 11.9 Å². The van der Waals surface area contributed by atoms with Gasteiger partial charge in [-0.25, -0.2) is 9.78 Å². The minimum Gasteiger partial charge on any atom is -0.477 e. The first-order chi connectivity index (χ1) is 6.88. The van der Waals surface area contributed by atoms with E-state index in [-0.39, 0.29) is 5.69 Å². The number of carbonyl (C=O) groups is 1. The molecule has 5 heteroatoms. The summed E-state index contributed by atoms with van der Waals surface area (Å²) in [4.78, 5) is 14.3.